The van der Waals surface area contributed by atoms with Gasteiger partial charge in [-0.15, -0.1) is 0 Å². The van der Waals surface area contributed by atoms with Crippen LogP contribution in [0.2, 0.25) is 0 Å². The second-order valence-corrected chi connectivity index (χ2v) is 9.65. The van der Waals surface area contributed by atoms with E-state index in [-0.39, 0.29) is 30.3 Å². The number of hydrogen-bond donors (Lipinski definition) is 2. The lowest BCUT2D eigenvalue weighted by Gasteiger charge is -2.08. The molecule has 0 atom stereocenters. The maximum atomic E-state index is 6.22. The number of para-hydroxylation sites is 2. The van der Waals surface area contributed by atoms with Gasteiger partial charge in [0.25, 0.3) is 0 Å². The molecule has 0 spiro atoms. The molecule has 4 rings (SSSR count). The number of halogens is 2. The van der Waals surface area contributed by atoms with E-state index in [2.05, 4.69) is 83.6 Å². The van der Waals surface area contributed by atoms with Gasteiger partial charge in [0, 0.05) is 51.0 Å². The van der Waals surface area contributed by atoms with E-state index in [1.54, 1.807) is 0 Å². The minimum atomic E-state index is 0. The summed E-state index contributed by atoms with van der Waals surface area (Å²) in [5.41, 5.74) is 19.2. The van der Waals surface area contributed by atoms with Gasteiger partial charge in [-0.05, 0) is 25.0 Å². The van der Waals surface area contributed by atoms with Crippen LogP contribution in [0.15, 0.2) is 60.7 Å². The molecule has 2 aromatic carbocycles. The Morgan fingerprint density at radius 2 is 0.865 bits per heavy atom. The van der Waals surface area contributed by atoms with Crippen molar-refractivity contribution in [1.82, 2.24) is 0 Å². The van der Waals surface area contributed by atoms with Crippen LogP contribution in [-0.2, 0) is 13.1 Å². The molecule has 7 heteroatoms. The lowest BCUT2D eigenvalue weighted by Crippen LogP contribution is -3.00. The molecule has 0 aliphatic heterocycles. The lowest BCUT2D eigenvalue weighted by atomic mass is 10.1. The monoisotopic (exact) mass is 544 g/mol. The number of unbranched alkanes of at least 4 members (excludes halogenated alkanes) is 7. The minimum absolute atomic E-state index is 0. The highest BCUT2D eigenvalue weighted by Gasteiger charge is 2.15. The van der Waals surface area contributed by atoms with E-state index < -0.39 is 0 Å². The van der Waals surface area contributed by atoms with Gasteiger partial charge in [0.05, 0.1) is 22.1 Å². The Labute approximate surface area is 234 Å². The summed E-state index contributed by atoms with van der Waals surface area (Å²) in [5, 5.41) is 2.32. The van der Waals surface area contributed by atoms with E-state index in [1.165, 1.54) is 73.8 Å². The molecular formula is C30H42Cl2N4O. The van der Waals surface area contributed by atoms with Gasteiger partial charge in [-0.3, -0.25) is 0 Å². The fraction of sp³-hybridized carbons (Fsp3) is 0.400. The summed E-state index contributed by atoms with van der Waals surface area (Å²) in [7, 11) is 0. The molecule has 0 fully saturated rings. The van der Waals surface area contributed by atoms with E-state index >= 15 is 0 Å². The maximum Gasteiger partial charge on any atom is 0.214 e. The predicted molar refractivity (Wildman–Crippen MR) is 147 cm³/mol. The summed E-state index contributed by atoms with van der Waals surface area (Å²) >= 11 is 0. The van der Waals surface area contributed by atoms with Crippen LogP contribution in [0.1, 0.15) is 62.8 Å². The summed E-state index contributed by atoms with van der Waals surface area (Å²) in [6.45, 7) is 6.46. The number of nitrogens with two attached hydrogens (primary N) is 2. The third kappa shape index (κ3) is 7.94. The second-order valence-electron chi connectivity index (χ2n) is 9.65. The van der Waals surface area contributed by atoms with Crippen LogP contribution in [0.5, 0.6) is 0 Å². The number of hydrogen-bond acceptors (Lipinski definition) is 2. The number of pyridine rings is 2. The third-order valence-corrected chi connectivity index (χ3v) is 7.11. The molecule has 0 aliphatic rings. The summed E-state index contributed by atoms with van der Waals surface area (Å²) in [4.78, 5) is 0. The average molecular weight is 546 g/mol. The molecule has 6 N–H and O–H groups in total. The van der Waals surface area contributed by atoms with Gasteiger partial charge in [0.15, 0.2) is 11.4 Å². The van der Waals surface area contributed by atoms with Crippen molar-refractivity contribution in [1.29, 1.82) is 0 Å². The molecule has 0 saturated carbocycles. The van der Waals surface area contributed by atoms with E-state index in [0.717, 1.165) is 35.2 Å². The SMILES string of the molecule is Cc1cc(N)c2ccccc2[n+]1CCCCCCCCCC[n+]1c(C)cc(N)c2ccccc21.O.[Cl-].[Cl-]. The fourth-order valence-electron chi connectivity index (χ4n) is 5.24. The summed E-state index contributed by atoms with van der Waals surface area (Å²) in [5.74, 6) is 0. The summed E-state index contributed by atoms with van der Waals surface area (Å²) in [6.07, 6.45) is 10.3. The standard InChI is InChI=1S/C30H38N4.2ClH.H2O/c1-23-21-27(31)25-15-9-11-17-29(25)33(23)19-13-7-5-3-4-6-8-14-20-34-24(2)22-28(32)26-16-10-12-18-30(26)34;;;/h9-12,15-18,21-22,31-32H,3-8,13-14,19-20H2,1-2H3;2*1H;1H2. The molecule has 5 nitrogen and oxygen atoms in total. The first-order chi connectivity index (χ1) is 16.6. The smallest absolute Gasteiger partial charge is 0.214 e. The molecule has 202 valence electrons. The van der Waals surface area contributed by atoms with Crippen molar-refractivity contribution in [2.75, 3.05) is 11.5 Å². The normalized spacial score (nSPS) is 10.5. The van der Waals surface area contributed by atoms with Gasteiger partial charge < -0.3 is 41.8 Å². The summed E-state index contributed by atoms with van der Waals surface area (Å²) in [6, 6.07) is 21.2. The van der Waals surface area contributed by atoms with Crippen molar-refractivity contribution < 1.29 is 39.4 Å². The third-order valence-electron chi connectivity index (χ3n) is 7.11. The number of rotatable bonds is 11. The van der Waals surface area contributed by atoms with Gasteiger partial charge in [-0.25, -0.2) is 0 Å². The average Bonchev–Trinajstić information content (AvgIpc) is 2.83. The van der Waals surface area contributed by atoms with E-state index in [4.69, 9.17) is 11.5 Å². The van der Waals surface area contributed by atoms with Gasteiger partial charge >= 0.3 is 0 Å². The lowest BCUT2D eigenvalue weighted by molar-refractivity contribution is -0.678. The Kier molecular flexibility index (Phi) is 13.7. The van der Waals surface area contributed by atoms with Gasteiger partial charge in [0.1, 0.15) is 13.1 Å². The minimum Gasteiger partial charge on any atom is -1.00 e. The van der Waals surface area contributed by atoms with Crippen LogP contribution >= 0.6 is 0 Å². The molecule has 0 unspecified atom stereocenters. The van der Waals surface area contributed by atoms with Crippen LogP contribution in [0.4, 0.5) is 11.4 Å². The highest BCUT2D eigenvalue weighted by atomic mass is 35.5. The first-order valence-corrected chi connectivity index (χ1v) is 12.9. The van der Waals surface area contributed by atoms with Crippen molar-refractivity contribution in [3.63, 3.8) is 0 Å². The number of fused-ring (bicyclic) bond motifs is 2. The number of nitrogens with zero attached hydrogens (tertiary/aromatic N) is 2. The van der Waals surface area contributed by atoms with Gasteiger partial charge in [-0.2, -0.15) is 9.13 Å². The van der Waals surface area contributed by atoms with E-state index in [9.17, 15) is 0 Å². The molecule has 2 heterocycles. The molecule has 0 aliphatic carbocycles. The fourth-order valence-corrected chi connectivity index (χ4v) is 5.24. The van der Waals surface area contributed by atoms with Crippen LogP contribution in [0, 0.1) is 13.8 Å². The Morgan fingerprint density at radius 3 is 1.24 bits per heavy atom. The molecular weight excluding hydrogens is 503 g/mol. The highest BCUT2D eigenvalue weighted by Crippen LogP contribution is 2.20. The summed E-state index contributed by atoms with van der Waals surface area (Å²) < 4.78 is 4.85. The Hall–Kier alpha value is -2.60. The molecule has 0 bridgehead atoms. The zero-order chi connectivity index (χ0) is 23.9. The van der Waals surface area contributed by atoms with E-state index in [0.29, 0.717) is 0 Å². The van der Waals surface area contributed by atoms with Crippen molar-refractivity contribution in [3.8, 4) is 0 Å². The Bertz CT molecular complexity index is 1180. The first-order valence-electron chi connectivity index (χ1n) is 12.9. The molecule has 0 radical (unpaired) electrons. The van der Waals surface area contributed by atoms with Gasteiger partial charge in [0.2, 0.25) is 11.0 Å². The van der Waals surface area contributed by atoms with Crippen LogP contribution in [-0.4, -0.2) is 5.48 Å². The van der Waals surface area contributed by atoms with Crippen molar-refractivity contribution in [2.24, 2.45) is 0 Å². The number of benzene rings is 2. The quantitative estimate of drug-likeness (QED) is 0.194. The van der Waals surface area contributed by atoms with Crippen molar-refractivity contribution in [3.05, 3.63) is 72.1 Å². The van der Waals surface area contributed by atoms with Crippen molar-refractivity contribution >= 4 is 33.2 Å². The number of nitrogen functional groups attached to an aromatic ring is 2. The van der Waals surface area contributed by atoms with Crippen LogP contribution in [0.25, 0.3) is 21.8 Å². The number of aromatic nitrogens is 2. The van der Waals surface area contributed by atoms with Gasteiger partial charge in [-0.1, -0.05) is 49.9 Å². The molecule has 0 saturated heterocycles. The Balaban J connectivity index is 0.00000228. The largest absolute Gasteiger partial charge is 1.00 e. The highest BCUT2D eigenvalue weighted by molar-refractivity contribution is 5.88. The topological polar surface area (TPSA) is 91.3 Å². The van der Waals surface area contributed by atoms with E-state index in [1.807, 2.05) is 0 Å². The molecule has 0 amide bonds. The molecule has 37 heavy (non-hydrogen) atoms. The van der Waals surface area contributed by atoms with Crippen LogP contribution in [0.3, 0.4) is 0 Å². The zero-order valence-electron chi connectivity index (χ0n) is 22.1. The van der Waals surface area contributed by atoms with Crippen molar-refractivity contribution in [2.45, 2.75) is 78.3 Å². The van der Waals surface area contributed by atoms with Crippen LogP contribution < -0.4 is 45.4 Å². The maximum absolute atomic E-state index is 6.22. The number of anilines is 2. The molecule has 4 aromatic rings. The zero-order valence-corrected chi connectivity index (χ0v) is 23.7. The Morgan fingerprint density at radius 1 is 0.541 bits per heavy atom. The second kappa shape index (κ2) is 15.6. The predicted octanol–water partition coefficient (Wildman–Crippen LogP) is -0.646. The number of aryl methyl sites for hydroxylation is 4. The first kappa shape index (κ1) is 32.4. The molecule has 2 aromatic heterocycles.